The van der Waals surface area contributed by atoms with Gasteiger partial charge in [0.05, 0.1) is 5.56 Å². The van der Waals surface area contributed by atoms with E-state index in [1.165, 1.54) is 0 Å². The molecule has 6 heteroatoms. The highest BCUT2D eigenvalue weighted by Crippen LogP contribution is 2.14. The van der Waals surface area contributed by atoms with E-state index in [2.05, 4.69) is 49.2 Å². The number of hydrogen-bond donors (Lipinski definition) is 2. The molecule has 0 aliphatic rings. The third-order valence-electron chi connectivity index (χ3n) is 2.45. The molecule has 2 N–H and O–H groups in total. The summed E-state index contributed by atoms with van der Waals surface area (Å²) in [7, 11) is 0. The van der Waals surface area contributed by atoms with Crippen molar-refractivity contribution in [1.29, 1.82) is 0 Å². The number of anilines is 1. The van der Waals surface area contributed by atoms with Crippen molar-refractivity contribution in [3.8, 4) is 0 Å². The summed E-state index contributed by atoms with van der Waals surface area (Å²) in [6.45, 7) is 0. The molecule has 2 aromatic rings. The Hall–Kier alpha value is -0.990. The van der Waals surface area contributed by atoms with Crippen LogP contribution in [0.1, 0.15) is 10.4 Å². The smallest absolute Gasteiger partial charge is 0.258 e. The van der Waals surface area contributed by atoms with Crippen LogP contribution in [-0.2, 0) is 0 Å². The van der Waals surface area contributed by atoms with Crippen LogP contribution in [0.5, 0.6) is 0 Å². The van der Waals surface area contributed by atoms with Gasteiger partial charge < -0.3 is 5.32 Å². The molecule has 0 aliphatic carbocycles. The topological polar surface area (TPSA) is 41.1 Å². The molecule has 0 radical (unpaired) electrons. The molecule has 0 saturated heterocycles. The predicted molar refractivity (Wildman–Crippen MR) is 97.0 cm³/mol. The summed E-state index contributed by atoms with van der Waals surface area (Å²) in [5.74, 6) is -0.218. The summed E-state index contributed by atoms with van der Waals surface area (Å²) < 4.78 is 1.87. The Balaban J connectivity index is 2.00. The van der Waals surface area contributed by atoms with E-state index in [0.29, 0.717) is 5.56 Å². The average Bonchev–Trinajstić information content (AvgIpc) is 2.41. The molecule has 1 amide bonds. The van der Waals surface area contributed by atoms with Gasteiger partial charge in [-0.3, -0.25) is 10.1 Å². The summed E-state index contributed by atoms with van der Waals surface area (Å²) in [5, 5.41) is 5.91. The molecule has 0 heterocycles. The van der Waals surface area contributed by atoms with Gasteiger partial charge in [0.25, 0.3) is 5.91 Å². The molecule has 0 unspecified atom stereocenters. The molecule has 0 bridgehead atoms. The fourth-order valence-corrected chi connectivity index (χ4v) is 2.62. The number of carbonyl (C=O) groups is 1. The summed E-state index contributed by atoms with van der Waals surface area (Å²) in [4.78, 5) is 12.1. The minimum atomic E-state index is -0.218. The Morgan fingerprint density at radius 3 is 2.40 bits per heavy atom. The van der Waals surface area contributed by atoms with Crippen molar-refractivity contribution in [2.45, 2.75) is 0 Å². The van der Waals surface area contributed by atoms with E-state index in [4.69, 9.17) is 12.2 Å². The van der Waals surface area contributed by atoms with Crippen molar-refractivity contribution in [3.05, 3.63) is 62.1 Å². The quantitative estimate of drug-likeness (QED) is 0.521. The maximum Gasteiger partial charge on any atom is 0.258 e. The monoisotopic (exact) mass is 460 g/mol. The molecule has 2 rings (SSSR count). The number of rotatable bonds is 2. The molecule has 0 spiro atoms. The zero-order chi connectivity index (χ0) is 14.5. The molecule has 20 heavy (non-hydrogen) atoms. The molecule has 3 nitrogen and oxygen atoms in total. The fraction of sp³-hybridized carbons (Fsp3) is 0. The number of amides is 1. The van der Waals surface area contributed by atoms with Gasteiger partial charge in [-0.25, -0.2) is 0 Å². The van der Waals surface area contributed by atoms with Crippen LogP contribution in [0.2, 0.25) is 0 Å². The first-order valence-electron chi connectivity index (χ1n) is 5.68. The molecule has 0 atom stereocenters. The van der Waals surface area contributed by atoms with Crippen LogP contribution in [0.15, 0.2) is 53.0 Å². The van der Waals surface area contributed by atoms with Crippen molar-refractivity contribution in [2.24, 2.45) is 0 Å². The minimum absolute atomic E-state index is 0.218. The van der Waals surface area contributed by atoms with Crippen LogP contribution in [-0.4, -0.2) is 11.0 Å². The fourth-order valence-electron chi connectivity index (χ4n) is 1.51. The maximum atomic E-state index is 12.1. The van der Waals surface area contributed by atoms with Crippen molar-refractivity contribution >= 4 is 67.4 Å². The van der Waals surface area contributed by atoms with Gasteiger partial charge in [0.15, 0.2) is 5.11 Å². The van der Waals surface area contributed by atoms with E-state index < -0.39 is 0 Å². The Kier molecular flexibility index (Phi) is 5.50. The third kappa shape index (κ3) is 4.26. The van der Waals surface area contributed by atoms with Gasteiger partial charge in [0, 0.05) is 13.7 Å². The van der Waals surface area contributed by atoms with Crippen molar-refractivity contribution < 1.29 is 4.79 Å². The number of hydrogen-bond acceptors (Lipinski definition) is 2. The number of benzene rings is 2. The van der Waals surface area contributed by atoms with Crippen LogP contribution in [0.4, 0.5) is 5.69 Å². The zero-order valence-electron chi connectivity index (χ0n) is 10.2. The molecule has 0 saturated carbocycles. The van der Waals surface area contributed by atoms with Gasteiger partial charge in [-0.1, -0.05) is 28.1 Å². The first-order valence-corrected chi connectivity index (χ1v) is 7.96. The van der Waals surface area contributed by atoms with Crippen molar-refractivity contribution in [2.75, 3.05) is 5.32 Å². The molecule has 0 aromatic heterocycles. The Morgan fingerprint density at radius 2 is 1.75 bits per heavy atom. The van der Waals surface area contributed by atoms with Gasteiger partial charge in [0.1, 0.15) is 0 Å². The zero-order valence-corrected chi connectivity index (χ0v) is 14.8. The van der Waals surface area contributed by atoms with Crippen LogP contribution in [0, 0.1) is 3.57 Å². The second-order valence-electron chi connectivity index (χ2n) is 3.89. The molecule has 102 valence electrons. The second-order valence-corrected chi connectivity index (χ2v) is 6.38. The minimum Gasteiger partial charge on any atom is -0.332 e. The normalized spacial score (nSPS) is 9.90. The Bertz CT molecular complexity index is 646. The number of carbonyl (C=O) groups excluding carboxylic acids is 1. The molecule has 0 aliphatic heterocycles. The summed E-state index contributed by atoms with van der Waals surface area (Å²) in [5.41, 5.74) is 1.43. The second kappa shape index (κ2) is 7.14. The van der Waals surface area contributed by atoms with Crippen molar-refractivity contribution in [3.63, 3.8) is 0 Å². The highest BCUT2D eigenvalue weighted by atomic mass is 127. The van der Waals surface area contributed by atoms with Crippen LogP contribution in [0.25, 0.3) is 0 Å². The van der Waals surface area contributed by atoms with E-state index >= 15 is 0 Å². The van der Waals surface area contributed by atoms with Gasteiger partial charge in [-0.15, -0.1) is 0 Å². The summed E-state index contributed by atoms with van der Waals surface area (Å²) >= 11 is 10.6. The lowest BCUT2D eigenvalue weighted by Gasteiger charge is -2.10. The Labute approximate surface area is 144 Å². The number of thiocarbonyl (C=S) groups is 1. The average molecular weight is 461 g/mol. The number of nitrogens with one attached hydrogen (secondary N) is 2. The predicted octanol–water partition coefficient (Wildman–Crippen LogP) is 4.18. The first-order chi connectivity index (χ1) is 9.56. The molecular formula is C14H10BrIN2OS. The van der Waals surface area contributed by atoms with E-state index in [1.807, 2.05) is 42.5 Å². The van der Waals surface area contributed by atoms with Crippen LogP contribution in [0.3, 0.4) is 0 Å². The SMILES string of the molecule is O=C(NC(=S)Nc1ccc(Br)cc1)c1ccccc1I. The molecular weight excluding hydrogens is 451 g/mol. The largest absolute Gasteiger partial charge is 0.332 e. The molecule has 0 fully saturated rings. The molecule has 2 aromatic carbocycles. The van der Waals surface area contributed by atoms with Gasteiger partial charge in [-0.05, 0) is 71.2 Å². The summed E-state index contributed by atoms with van der Waals surface area (Å²) in [6.07, 6.45) is 0. The van der Waals surface area contributed by atoms with Crippen LogP contribution >= 0.6 is 50.7 Å². The summed E-state index contributed by atoms with van der Waals surface area (Å²) in [6, 6.07) is 14.9. The van der Waals surface area contributed by atoms with E-state index in [9.17, 15) is 4.79 Å². The lowest BCUT2D eigenvalue weighted by atomic mass is 10.2. The Morgan fingerprint density at radius 1 is 1.10 bits per heavy atom. The van der Waals surface area contributed by atoms with Crippen molar-refractivity contribution in [1.82, 2.24) is 5.32 Å². The van der Waals surface area contributed by atoms with Gasteiger partial charge >= 0.3 is 0 Å². The standard InChI is InChI=1S/C14H10BrIN2OS/c15-9-5-7-10(8-6-9)17-14(20)18-13(19)11-3-1-2-4-12(11)16/h1-8H,(H2,17,18,19,20). The first kappa shape index (κ1) is 15.4. The number of halogens is 2. The van der Waals surface area contributed by atoms with E-state index in [-0.39, 0.29) is 11.0 Å². The van der Waals surface area contributed by atoms with Gasteiger partial charge in [0.2, 0.25) is 0 Å². The lowest BCUT2D eigenvalue weighted by molar-refractivity contribution is 0.0977. The van der Waals surface area contributed by atoms with E-state index in [1.54, 1.807) is 6.07 Å². The maximum absolute atomic E-state index is 12.1. The van der Waals surface area contributed by atoms with Gasteiger partial charge in [-0.2, -0.15) is 0 Å². The highest BCUT2D eigenvalue weighted by molar-refractivity contribution is 14.1. The third-order valence-corrected chi connectivity index (χ3v) is 4.12. The van der Waals surface area contributed by atoms with Crippen LogP contribution < -0.4 is 10.6 Å². The lowest BCUT2D eigenvalue weighted by Crippen LogP contribution is -2.34. The van der Waals surface area contributed by atoms with E-state index in [0.717, 1.165) is 13.7 Å². The highest BCUT2D eigenvalue weighted by Gasteiger charge is 2.10.